The third-order valence-electron chi connectivity index (χ3n) is 3.16. The maximum absolute atomic E-state index is 9.85. The van der Waals surface area contributed by atoms with Crippen LogP contribution in [-0.4, -0.2) is 48.6 Å². The molecule has 0 aliphatic rings. The summed E-state index contributed by atoms with van der Waals surface area (Å²) >= 11 is 0. The van der Waals surface area contributed by atoms with Crippen molar-refractivity contribution < 1.29 is 14.9 Å². The smallest absolute Gasteiger partial charge is 0.0947 e. The van der Waals surface area contributed by atoms with Crippen molar-refractivity contribution >= 4 is 16.6 Å². The van der Waals surface area contributed by atoms with Gasteiger partial charge in [0.15, 0.2) is 0 Å². The number of aliphatic hydroxyl groups excluding tert-OH is 2. The number of likely N-dealkylation sites (N-methyl/N-ethyl adjacent to an activating group) is 1. The van der Waals surface area contributed by atoms with E-state index in [0.717, 1.165) is 16.6 Å². The molecule has 0 aliphatic carbocycles. The Balaban J connectivity index is 2.36. The Hall–Kier alpha value is -1.69. The first-order valence-corrected chi connectivity index (χ1v) is 6.53. The van der Waals surface area contributed by atoms with Crippen LogP contribution >= 0.6 is 0 Å². The van der Waals surface area contributed by atoms with Crippen LogP contribution in [-0.2, 0) is 11.3 Å². The molecular weight excluding hydrogens is 256 g/mol. The molecule has 0 bridgehead atoms. The Labute approximate surface area is 118 Å². The molecule has 1 aromatic carbocycles. The summed E-state index contributed by atoms with van der Waals surface area (Å²) in [6.45, 7) is 0.638. The Morgan fingerprint density at radius 1 is 1.35 bits per heavy atom. The van der Waals surface area contributed by atoms with Crippen molar-refractivity contribution in [2.45, 2.75) is 12.7 Å². The van der Waals surface area contributed by atoms with E-state index in [-0.39, 0.29) is 6.61 Å². The molecule has 5 nitrogen and oxygen atoms in total. The van der Waals surface area contributed by atoms with E-state index in [2.05, 4.69) is 4.98 Å². The highest BCUT2D eigenvalue weighted by atomic mass is 16.5. The lowest BCUT2D eigenvalue weighted by atomic mass is 10.1. The van der Waals surface area contributed by atoms with E-state index in [1.807, 2.05) is 42.3 Å². The van der Waals surface area contributed by atoms with Crippen LogP contribution < -0.4 is 4.90 Å². The molecule has 0 radical (unpaired) electrons. The second kappa shape index (κ2) is 6.65. The Morgan fingerprint density at radius 2 is 2.10 bits per heavy atom. The number of hydrogen-bond donors (Lipinski definition) is 2. The Bertz CT molecular complexity index is 574. The minimum absolute atomic E-state index is 0.105. The van der Waals surface area contributed by atoms with E-state index in [1.54, 1.807) is 7.11 Å². The van der Waals surface area contributed by atoms with E-state index in [9.17, 15) is 10.2 Å². The van der Waals surface area contributed by atoms with Crippen LogP contribution in [0.3, 0.4) is 0 Å². The molecule has 2 rings (SSSR count). The summed E-state index contributed by atoms with van der Waals surface area (Å²) in [5.41, 5.74) is 2.39. The molecule has 108 valence electrons. The highest BCUT2D eigenvalue weighted by Crippen LogP contribution is 2.26. The number of methoxy groups -OCH3 is 1. The molecule has 0 aliphatic heterocycles. The first-order chi connectivity index (χ1) is 9.65. The molecule has 1 unspecified atom stereocenters. The fourth-order valence-corrected chi connectivity index (χ4v) is 2.27. The molecule has 1 aromatic heterocycles. The van der Waals surface area contributed by atoms with Gasteiger partial charge in [-0.1, -0.05) is 18.2 Å². The summed E-state index contributed by atoms with van der Waals surface area (Å²) in [5.74, 6) is 0. The van der Waals surface area contributed by atoms with Crippen LogP contribution in [0.25, 0.3) is 10.9 Å². The Morgan fingerprint density at radius 3 is 2.80 bits per heavy atom. The third kappa shape index (κ3) is 3.25. The molecule has 1 atom stereocenters. The van der Waals surface area contributed by atoms with Crippen molar-refractivity contribution in [3.05, 3.63) is 36.0 Å². The van der Waals surface area contributed by atoms with Crippen molar-refractivity contribution in [3.8, 4) is 0 Å². The molecule has 5 heteroatoms. The van der Waals surface area contributed by atoms with Gasteiger partial charge in [0.1, 0.15) is 0 Å². The highest BCUT2D eigenvalue weighted by Gasteiger charge is 2.13. The van der Waals surface area contributed by atoms with Crippen LogP contribution in [0, 0.1) is 0 Å². The standard InChI is InChI=1S/C15H20N2O3/c1-17(8-12(19)10-20-2)15-7-11(9-18)16-14-6-4-3-5-13(14)15/h3-7,12,18-19H,8-10H2,1-2H3. The zero-order valence-electron chi connectivity index (χ0n) is 11.8. The van der Waals surface area contributed by atoms with Crippen molar-refractivity contribution in [2.24, 2.45) is 0 Å². The van der Waals surface area contributed by atoms with Crippen LogP contribution in [0.2, 0.25) is 0 Å². The molecule has 2 aromatic rings. The number of rotatable bonds is 6. The lowest BCUT2D eigenvalue weighted by molar-refractivity contribution is 0.0695. The molecule has 0 spiro atoms. The third-order valence-corrected chi connectivity index (χ3v) is 3.16. The number of aromatic nitrogens is 1. The van der Waals surface area contributed by atoms with E-state index in [0.29, 0.717) is 18.8 Å². The van der Waals surface area contributed by atoms with Crippen LogP contribution in [0.15, 0.2) is 30.3 Å². The number of para-hydroxylation sites is 1. The molecule has 20 heavy (non-hydrogen) atoms. The SMILES string of the molecule is COCC(O)CN(C)c1cc(CO)nc2ccccc12. The number of anilines is 1. The zero-order chi connectivity index (χ0) is 14.5. The first kappa shape index (κ1) is 14.7. The van der Waals surface area contributed by atoms with Gasteiger partial charge in [0.05, 0.1) is 30.5 Å². The summed E-state index contributed by atoms with van der Waals surface area (Å²) in [7, 11) is 3.47. The minimum Gasteiger partial charge on any atom is -0.390 e. The van der Waals surface area contributed by atoms with Gasteiger partial charge in [-0.2, -0.15) is 0 Å². The second-order valence-electron chi connectivity index (χ2n) is 4.80. The lowest BCUT2D eigenvalue weighted by Crippen LogP contribution is -2.32. The lowest BCUT2D eigenvalue weighted by Gasteiger charge is -2.24. The van der Waals surface area contributed by atoms with Gasteiger partial charge in [-0.3, -0.25) is 4.98 Å². The molecule has 1 heterocycles. The van der Waals surface area contributed by atoms with E-state index < -0.39 is 6.10 Å². The van der Waals surface area contributed by atoms with E-state index in [1.165, 1.54) is 0 Å². The maximum Gasteiger partial charge on any atom is 0.0947 e. The highest BCUT2D eigenvalue weighted by molar-refractivity contribution is 5.91. The summed E-state index contributed by atoms with van der Waals surface area (Å²) < 4.78 is 4.94. The van der Waals surface area contributed by atoms with Gasteiger partial charge in [0, 0.05) is 31.8 Å². The van der Waals surface area contributed by atoms with E-state index in [4.69, 9.17) is 4.74 Å². The van der Waals surface area contributed by atoms with Crippen molar-refractivity contribution in [3.63, 3.8) is 0 Å². The maximum atomic E-state index is 9.85. The average Bonchev–Trinajstić information content (AvgIpc) is 2.46. The van der Waals surface area contributed by atoms with Gasteiger partial charge >= 0.3 is 0 Å². The normalized spacial score (nSPS) is 12.6. The molecular formula is C15H20N2O3. The number of aliphatic hydroxyl groups is 2. The minimum atomic E-state index is -0.561. The van der Waals surface area contributed by atoms with Crippen molar-refractivity contribution in [1.82, 2.24) is 4.98 Å². The average molecular weight is 276 g/mol. The van der Waals surface area contributed by atoms with Crippen molar-refractivity contribution in [1.29, 1.82) is 0 Å². The molecule has 2 N–H and O–H groups in total. The largest absolute Gasteiger partial charge is 0.390 e. The first-order valence-electron chi connectivity index (χ1n) is 6.53. The van der Waals surface area contributed by atoms with Gasteiger partial charge in [0.25, 0.3) is 0 Å². The van der Waals surface area contributed by atoms with Crippen LogP contribution in [0.1, 0.15) is 5.69 Å². The molecule has 0 saturated heterocycles. The summed E-state index contributed by atoms with van der Waals surface area (Å²) in [5, 5.41) is 20.2. The fraction of sp³-hybridized carbons (Fsp3) is 0.400. The fourth-order valence-electron chi connectivity index (χ4n) is 2.27. The number of ether oxygens (including phenoxy) is 1. The second-order valence-corrected chi connectivity index (χ2v) is 4.80. The topological polar surface area (TPSA) is 65.8 Å². The number of fused-ring (bicyclic) bond motifs is 1. The van der Waals surface area contributed by atoms with Gasteiger partial charge in [-0.05, 0) is 12.1 Å². The number of hydrogen-bond acceptors (Lipinski definition) is 5. The van der Waals surface area contributed by atoms with Crippen LogP contribution in [0.4, 0.5) is 5.69 Å². The monoisotopic (exact) mass is 276 g/mol. The number of benzene rings is 1. The zero-order valence-corrected chi connectivity index (χ0v) is 11.8. The number of pyridine rings is 1. The molecule has 0 amide bonds. The van der Waals surface area contributed by atoms with E-state index >= 15 is 0 Å². The van der Waals surface area contributed by atoms with Crippen molar-refractivity contribution in [2.75, 3.05) is 32.2 Å². The summed E-state index contributed by atoms with van der Waals surface area (Å²) in [6.07, 6.45) is -0.561. The number of nitrogens with zero attached hydrogens (tertiary/aromatic N) is 2. The van der Waals surface area contributed by atoms with Gasteiger partial charge < -0.3 is 19.8 Å². The summed E-state index contributed by atoms with van der Waals surface area (Å²) in [6, 6.07) is 9.61. The van der Waals surface area contributed by atoms with Gasteiger partial charge in [-0.15, -0.1) is 0 Å². The predicted molar refractivity (Wildman–Crippen MR) is 78.8 cm³/mol. The molecule has 0 saturated carbocycles. The predicted octanol–water partition coefficient (Wildman–Crippen LogP) is 1.17. The van der Waals surface area contributed by atoms with Crippen LogP contribution in [0.5, 0.6) is 0 Å². The quantitative estimate of drug-likeness (QED) is 0.829. The Kier molecular flexibility index (Phi) is 4.89. The van der Waals surface area contributed by atoms with Gasteiger partial charge in [-0.25, -0.2) is 0 Å². The van der Waals surface area contributed by atoms with Gasteiger partial charge in [0.2, 0.25) is 0 Å². The molecule has 0 fully saturated rings. The summed E-state index contributed by atoms with van der Waals surface area (Å²) in [4.78, 5) is 6.34.